The maximum absolute atomic E-state index is 11.4. The predicted octanol–water partition coefficient (Wildman–Crippen LogP) is 0.845. The van der Waals surface area contributed by atoms with E-state index in [1.54, 1.807) is 20.2 Å². The largest absolute Gasteiger partial charge is 0.496 e. The number of amides is 1. The van der Waals surface area contributed by atoms with Crippen LogP contribution in [-0.4, -0.2) is 38.1 Å². The summed E-state index contributed by atoms with van der Waals surface area (Å²) in [6, 6.07) is 5.56. The first-order valence-electron chi connectivity index (χ1n) is 5.96. The van der Waals surface area contributed by atoms with Crippen LogP contribution >= 0.6 is 0 Å². The molecule has 0 unspecified atom stereocenters. The van der Waals surface area contributed by atoms with Crippen LogP contribution in [-0.2, 0) is 11.3 Å². The second-order valence-electron chi connectivity index (χ2n) is 4.05. The van der Waals surface area contributed by atoms with Crippen LogP contribution in [0.1, 0.15) is 12.5 Å². The number of likely N-dealkylation sites (N-methyl/N-ethyl adjacent to an activating group) is 2. The van der Waals surface area contributed by atoms with Gasteiger partial charge in [-0.3, -0.25) is 9.69 Å². The molecule has 0 bridgehead atoms. The number of hydrogen-bond acceptors (Lipinski definition) is 4. The average molecular weight is 251 g/mol. The second-order valence-corrected chi connectivity index (χ2v) is 4.05. The SMILES string of the molecule is CCN(CC(=O)NC)Cc1ccc(N)cc1OC. The molecule has 0 atom stereocenters. The van der Waals surface area contributed by atoms with Gasteiger partial charge in [0.1, 0.15) is 5.75 Å². The quantitative estimate of drug-likeness (QED) is 0.735. The Morgan fingerprint density at radius 1 is 1.50 bits per heavy atom. The van der Waals surface area contributed by atoms with Crippen molar-refractivity contribution in [2.24, 2.45) is 0 Å². The summed E-state index contributed by atoms with van der Waals surface area (Å²) in [5.41, 5.74) is 7.41. The third-order valence-corrected chi connectivity index (χ3v) is 2.80. The molecule has 1 aromatic rings. The summed E-state index contributed by atoms with van der Waals surface area (Å²) in [5.74, 6) is 0.761. The first-order chi connectivity index (χ1) is 8.60. The van der Waals surface area contributed by atoms with E-state index >= 15 is 0 Å². The van der Waals surface area contributed by atoms with Gasteiger partial charge in [-0.1, -0.05) is 13.0 Å². The standard InChI is InChI=1S/C13H21N3O2/c1-4-16(9-13(17)15-2)8-10-5-6-11(14)7-12(10)18-3/h5-7H,4,8-9,14H2,1-3H3,(H,15,17). The molecular formula is C13H21N3O2. The topological polar surface area (TPSA) is 67.6 Å². The zero-order valence-electron chi connectivity index (χ0n) is 11.2. The average Bonchev–Trinajstić information content (AvgIpc) is 2.39. The Hall–Kier alpha value is -1.75. The summed E-state index contributed by atoms with van der Waals surface area (Å²) in [5, 5.41) is 2.62. The Bertz CT molecular complexity index is 407. The third-order valence-electron chi connectivity index (χ3n) is 2.80. The summed E-state index contributed by atoms with van der Waals surface area (Å²) in [4.78, 5) is 13.4. The van der Waals surface area contributed by atoms with Gasteiger partial charge in [-0.2, -0.15) is 0 Å². The van der Waals surface area contributed by atoms with Crippen molar-refractivity contribution in [2.45, 2.75) is 13.5 Å². The van der Waals surface area contributed by atoms with Crippen molar-refractivity contribution in [3.05, 3.63) is 23.8 Å². The van der Waals surface area contributed by atoms with Gasteiger partial charge < -0.3 is 15.8 Å². The van der Waals surface area contributed by atoms with Gasteiger partial charge in [0.25, 0.3) is 0 Å². The van der Waals surface area contributed by atoms with Crippen LogP contribution in [0.2, 0.25) is 0 Å². The highest BCUT2D eigenvalue weighted by molar-refractivity contribution is 5.77. The second kappa shape index (κ2) is 6.86. The molecule has 0 saturated carbocycles. The van der Waals surface area contributed by atoms with Gasteiger partial charge >= 0.3 is 0 Å². The predicted molar refractivity (Wildman–Crippen MR) is 72.4 cm³/mol. The molecule has 0 heterocycles. The lowest BCUT2D eigenvalue weighted by Crippen LogP contribution is -2.35. The molecule has 3 N–H and O–H groups in total. The number of anilines is 1. The van der Waals surface area contributed by atoms with Crippen LogP contribution in [0.5, 0.6) is 5.75 Å². The van der Waals surface area contributed by atoms with Crippen molar-refractivity contribution in [1.29, 1.82) is 0 Å². The molecular weight excluding hydrogens is 230 g/mol. The van der Waals surface area contributed by atoms with Gasteiger partial charge in [0, 0.05) is 30.9 Å². The molecule has 0 saturated heterocycles. The van der Waals surface area contributed by atoms with E-state index in [1.807, 2.05) is 24.0 Å². The van der Waals surface area contributed by atoms with Gasteiger partial charge in [0.15, 0.2) is 0 Å². The molecule has 18 heavy (non-hydrogen) atoms. The molecule has 0 aliphatic carbocycles. The summed E-state index contributed by atoms with van der Waals surface area (Å²) < 4.78 is 5.30. The monoisotopic (exact) mass is 251 g/mol. The molecule has 5 nitrogen and oxygen atoms in total. The van der Waals surface area contributed by atoms with Crippen LogP contribution in [0.25, 0.3) is 0 Å². The van der Waals surface area contributed by atoms with Crippen LogP contribution < -0.4 is 15.8 Å². The van der Waals surface area contributed by atoms with Crippen molar-refractivity contribution >= 4 is 11.6 Å². The van der Waals surface area contributed by atoms with Gasteiger partial charge in [-0.25, -0.2) is 0 Å². The van der Waals surface area contributed by atoms with Crippen molar-refractivity contribution < 1.29 is 9.53 Å². The molecule has 1 rings (SSSR count). The zero-order valence-corrected chi connectivity index (χ0v) is 11.2. The summed E-state index contributed by atoms with van der Waals surface area (Å²) in [7, 11) is 3.26. The number of nitrogen functional groups attached to an aromatic ring is 1. The number of carbonyl (C=O) groups is 1. The highest BCUT2D eigenvalue weighted by Crippen LogP contribution is 2.22. The van der Waals surface area contributed by atoms with Crippen molar-refractivity contribution in [2.75, 3.05) is 33.0 Å². The lowest BCUT2D eigenvalue weighted by molar-refractivity contribution is -0.121. The molecule has 0 aromatic heterocycles. The Labute approximate surface area is 108 Å². The molecule has 5 heteroatoms. The Morgan fingerprint density at radius 3 is 2.78 bits per heavy atom. The number of benzene rings is 1. The van der Waals surface area contributed by atoms with Crippen molar-refractivity contribution in [3.8, 4) is 5.75 Å². The summed E-state index contributed by atoms with van der Waals surface area (Å²) in [6.45, 7) is 3.85. The molecule has 100 valence electrons. The fourth-order valence-corrected chi connectivity index (χ4v) is 1.69. The number of methoxy groups -OCH3 is 1. The van der Waals surface area contributed by atoms with E-state index in [4.69, 9.17) is 10.5 Å². The highest BCUT2D eigenvalue weighted by Gasteiger charge is 2.11. The zero-order chi connectivity index (χ0) is 13.5. The van der Waals surface area contributed by atoms with E-state index in [9.17, 15) is 4.79 Å². The number of nitrogens with two attached hydrogens (primary N) is 1. The molecule has 1 aromatic carbocycles. The van der Waals surface area contributed by atoms with Gasteiger partial charge in [0.2, 0.25) is 5.91 Å². The van der Waals surface area contributed by atoms with E-state index in [0.29, 0.717) is 18.8 Å². The first kappa shape index (κ1) is 14.3. The highest BCUT2D eigenvalue weighted by atomic mass is 16.5. The lowest BCUT2D eigenvalue weighted by Gasteiger charge is -2.20. The number of nitrogens with one attached hydrogen (secondary N) is 1. The van der Waals surface area contributed by atoms with Crippen LogP contribution in [0, 0.1) is 0 Å². The Balaban J connectivity index is 2.78. The van der Waals surface area contributed by atoms with Gasteiger partial charge in [-0.05, 0) is 12.6 Å². The molecule has 1 amide bonds. The number of nitrogens with zero attached hydrogens (tertiary/aromatic N) is 1. The van der Waals surface area contributed by atoms with Crippen molar-refractivity contribution in [1.82, 2.24) is 10.2 Å². The third kappa shape index (κ3) is 3.92. The minimum absolute atomic E-state index is 0.00580. The minimum atomic E-state index is 0.00580. The molecule has 0 spiro atoms. The Morgan fingerprint density at radius 2 is 2.22 bits per heavy atom. The van der Waals surface area contributed by atoms with E-state index < -0.39 is 0 Å². The van der Waals surface area contributed by atoms with Crippen LogP contribution in [0.4, 0.5) is 5.69 Å². The Kier molecular flexibility index (Phi) is 5.45. The number of hydrogen-bond donors (Lipinski definition) is 2. The molecule has 0 aliphatic heterocycles. The van der Waals surface area contributed by atoms with Crippen LogP contribution in [0.15, 0.2) is 18.2 Å². The number of rotatable bonds is 6. The van der Waals surface area contributed by atoms with Crippen LogP contribution in [0.3, 0.4) is 0 Å². The smallest absolute Gasteiger partial charge is 0.233 e. The lowest BCUT2D eigenvalue weighted by atomic mass is 10.1. The van der Waals surface area contributed by atoms with Crippen molar-refractivity contribution in [3.63, 3.8) is 0 Å². The fourth-order valence-electron chi connectivity index (χ4n) is 1.69. The maximum atomic E-state index is 11.4. The van der Waals surface area contributed by atoms with Gasteiger partial charge in [0.05, 0.1) is 13.7 Å². The summed E-state index contributed by atoms with van der Waals surface area (Å²) in [6.07, 6.45) is 0. The first-order valence-corrected chi connectivity index (χ1v) is 5.96. The molecule has 0 fully saturated rings. The number of carbonyl (C=O) groups excluding carboxylic acids is 1. The molecule has 0 radical (unpaired) electrons. The fraction of sp³-hybridized carbons (Fsp3) is 0.462. The minimum Gasteiger partial charge on any atom is -0.496 e. The molecule has 0 aliphatic rings. The maximum Gasteiger partial charge on any atom is 0.233 e. The van der Waals surface area contributed by atoms with Gasteiger partial charge in [-0.15, -0.1) is 0 Å². The van der Waals surface area contributed by atoms with E-state index in [1.165, 1.54) is 0 Å². The van der Waals surface area contributed by atoms with E-state index in [0.717, 1.165) is 17.9 Å². The van der Waals surface area contributed by atoms with E-state index in [-0.39, 0.29) is 5.91 Å². The van der Waals surface area contributed by atoms with E-state index in [2.05, 4.69) is 5.32 Å². The normalized spacial score (nSPS) is 10.4. The summed E-state index contributed by atoms with van der Waals surface area (Å²) >= 11 is 0. The number of ether oxygens (including phenoxy) is 1.